The number of hydrogen-bond acceptors (Lipinski definition) is 1. The first-order valence-corrected chi connectivity index (χ1v) is 6.07. The fraction of sp³-hybridized carbons (Fsp3) is 0.538. The predicted molar refractivity (Wildman–Crippen MR) is 67.6 cm³/mol. The van der Waals surface area contributed by atoms with Gasteiger partial charge in [-0.1, -0.05) is 31.5 Å². The SMILES string of the molecule is CCC(CC)(CNC)c1ccc(F)cc1Cl. The zero-order chi connectivity index (χ0) is 12.2. The van der Waals surface area contributed by atoms with Crippen molar-refractivity contribution in [3.8, 4) is 0 Å². The van der Waals surface area contributed by atoms with Gasteiger partial charge in [0.2, 0.25) is 0 Å². The van der Waals surface area contributed by atoms with Crippen molar-refractivity contribution in [3.63, 3.8) is 0 Å². The Labute approximate surface area is 102 Å². The van der Waals surface area contributed by atoms with Crippen molar-refractivity contribution < 1.29 is 4.39 Å². The molecule has 1 nitrogen and oxygen atoms in total. The molecule has 0 aliphatic rings. The van der Waals surface area contributed by atoms with E-state index < -0.39 is 0 Å². The first kappa shape index (κ1) is 13.5. The third kappa shape index (κ3) is 2.55. The maximum absolute atomic E-state index is 13.0. The van der Waals surface area contributed by atoms with Crippen molar-refractivity contribution in [2.75, 3.05) is 13.6 Å². The fourth-order valence-electron chi connectivity index (χ4n) is 2.23. The summed E-state index contributed by atoms with van der Waals surface area (Å²) < 4.78 is 13.0. The van der Waals surface area contributed by atoms with Gasteiger partial charge in [-0.15, -0.1) is 0 Å². The highest BCUT2D eigenvalue weighted by atomic mass is 35.5. The molecule has 0 radical (unpaired) electrons. The fourth-order valence-corrected chi connectivity index (χ4v) is 2.60. The monoisotopic (exact) mass is 243 g/mol. The van der Waals surface area contributed by atoms with Crippen LogP contribution in [-0.2, 0) is 5.41 Å². The highest BCUT2D eigenvalue weighted by Crippen LogP contribution is 2.35. The minimum atomic E-state index is -0.278. The van der Waals surface area contributed by atoms with Crippen LogP contribution >= 0.6 is 11.6 Å². The summed E-state index contributed by atoms with van der Waals surface area (Å²) in [6.07, 6.45) is 1.96. The Kier molecular flexibility index (Phi) is 4.75. The van der Waals surface area contributed by atoms with E-state index in [4.69, 9.17) is 11.6 Å². The van der Waals surface area contributed by atoms with Crippen molar-refractivity contribution in [2.24, 2.45) is 0 Å². The number of benzene rings is 1. The van der Waals surface area contributed by atoms with Crippen molar-refractivity contribution in [1.29, 1.82) is 0 Å². The Morgan fingerprint density at radius 3 is 2.38 bits per heavy atom. The van der Waals surface area contributed by atoms with Crippen LogP contribution < -0.4 is 5.32 Å². The molecule has 1 aromatic rings. The molecule has 0 amide bonds. The second-order valence-corrected chi connectivity index (χ2v) is 4.55. The molecule has 0 aliphatic heterocycles. The van der Waals surface area contributed by atoms with Gasteiger partial charge >= 0.3 is 0 Å². The van der Waals surface area contributed by atoms with Gasteiger partial charge in [-0.2, -0.15) is 0 Å². The molecule has 0 saturated heterocycles. The topological polar surface area (TPSA) is 12.0 Å². The number of halogens is 2. The molecule has 3 heteroatoms. The van der Waals surface area contributed by atoms with Crippen LogP contribution in [0.3, 0.4) is 0 Å². The molecule has 1 aromatic carbocycles. The van der Waals surface area contributed by atoms with Gasteiger partial charge in [-0.3, -0.25) is 0 Å². The predicted octanol–water partition coefficient (Wildman–Crippen LogP) is 3.76. The standard InChI is InChI=1S/C13H19ClFN/c1-4-13(5-2,9-16-3)11-7-6-10(15)8-12(11)14/h6-8,16H,4-5,9H2,1-3H3. The van der Waals surface area contributed by atoms with Gasteiger partial charge in [0.1, 0.15) is 5.82 Å². The maximum atomic E-state index is 13.0. The minimum Gasteiger partial charge on any atom is -0.319 e. The molecule has 0 saturated carbocycles. The normalized spacial score (nSPS) is 11.8. The van der Waals surface area contributed by atoms with Crippen LogP contribution in [0.15, 0.2) is 18.2 Å². The second kappa shape index (κ2) is 5.65. The molecule has 0 aromatic heterocycles. The molecular weight excluding hydrogens is 225 g/mol. The molecule has 0 aliphatic carbocycles. The average Bonchev–Trinajstić information content (AvgIpc) is 2.27. The molecule has 1 rings (SSSR count). The van der Waals surface area contributed by atoms with Gasteiger partial charge in [0.15, 0.2) is 0 Å². The van der Waals surface area contributed by atoms with Crippen LogP contribution in [0.5, 0.6) is 0 Å². The Morgan fingerprint density at radius 2 is 1.94 bits per heavy atom. The summed E-state index contributed by atoms with van der Waals surface area (Å²) >= 11 is 6.14. The highest BCUT2D eigenvalue weighted by molar-refractivity contribution is 6.31. The number of hydrogen-bond donors (Lipinski definition) is 1. The Bertz CT molecular complexity index is 348. The molecule has 0 heterocycles. The van der Waals surface area contributed by atoms with Crippen molar-refractivity contribution >= 4 is 11.6 Å². The van der Waals surface area contributed by atoms with E-state index in [1.807, 2.05) is 13.1 Å². The van der Waals surface area contributed by atoms with E-state index in [0.717, 1.165) is 24.9 Å². The van der Waals surface area contributed by atoms with Gasteiger partial charge < -0.3 is 5.32 Å². The van der Waals surface area contributed by atoms with E-state index in [1.165, 1.54) is 12.1 Å². The van der Waals surface area contributed by atoms with Gasteiger partial charge in [0, 0.05) is 17.0 Å². The third-order valence-corrected chi connectivity index (χ3v) is 3.68. The summed E-state index contributed by atoms with van der Waals surface area (Å²) in [6, 6.07) is 4.69. The van der Waals surface area contributed by atoms with Crippen LogP contribution in [0.4, 0.5) is 4.39 Å². The molecule has 0 fully saturated rings. The van der Waals surface area contributed by atoms with Gasteiger partial charge in [0.25, 0.3) is 0 Å². The summed E-state index contributed by atoms with van der Waals surface area (Å²) in [6.45, 7) is 5.13. The largest absolute Gasteiger partial charge is 0.319 e. The Hall–Kier alpha value is -0.600. The van der Waals surface area contributed by atoms with E-state index in [2.05, 4.69) is 19.2 Å². The lowest BCUT2D eigenvalue weighted by atomic mass is 9.75. The van der Waals surface area contributed by atoms with E-state index in [0.29, 0.717) is 5.02 Å². The van der Waals surface area contributed by atoms with E-state index in [-0.39, 0.29) is 11.2 Å². The highest BCUT2D eigenvalue weighted by Gasteiger charge is 2.29. The smallest absolute Gasteiger partial charge is 0.124 e. The lowest BCUT2D eigenvalue weighted by Crippen LogP contribution is -2.36. The minimum absolute atomic E-state index is 0.000463. The molecule has 0 atom stereocenters. The number of nitrogens with one attached hydrogen (secondary N) is 1. The number of likely N-dealkylation sites (N-methyl/N-ethyl adjacent to an activating group) is 1. The summed E-state index contributed by atoms with van der Waals surface area (Å²) in [5, 5.41) is 3.73. The summed E-state index contributed by atoms with van der Waals surface area (Å²) in [4.78, 5) is 0. The first-order valence-electron chi connectivity index (χ1n) is 5.69. The second-order valence-electron chi connectivity index (χ2n) is 4.14. The molecule has 16 heavy (non-hydrogen) atoms. The maximum Gasteiger partial charge on any atom is 0.124 e. The van der Waals surface area contributed by atoms with E-state index in [9.17, 15) is 4.39 Å². The molecular formula is C13H19ClFN. The van der Waals surface area contributed by atoms with Crippen LogP contribution in [0.1, 0.15) is 32.3 Å². The van der Waals surface area contributed by atoms with E-state index >= 15 is 0 Å². The molecule has 90 valence electrons. The zero-order valence-corrected chi connectivity index (χ0v) is 10.9. The van der Waals surface area contributed by atoms with Crippen molar-refractivity contribution in [3.05, 3.63) is 34.6 Å². The number of rotatable bonds is 5. The molecule has 0 spiro atoms. The Morgan fingerprint density at radius 1 is 1.31 bits per heavy atom. The lowest BCUT2D eigenvalue weighted by Gasteiger charge is -2.33. The Balaban J connectivity index is 3.19. The molecule has 1 N–H and O–H groups in total. The van der Waals surface area contributed by atoms with Crippen LogP contribution in [0.2, 0.25) is 5.02 Å². The van der Waals surface area contributed by atoms with Gasteiger partial charge in [0.05, 0.1) is 0 Å². The van der Waals surface area contributed by atoms with Crippen LogP contribution in [0.25, 0.3) is 0 Å². The third-order valence-electron chi connectivity index (χ3n) is 3.37. The summed E-state index contributed by atoms with van der Waals surface area (Å²) in [7, 11) is 1.93. The summed E-state index contributed by atoms with van der Waals surface area (Å²) in [5.74, 6) is -0.278. The molecule has 0 bridgehead atoms. The lowest BCUT2D eigenvalue weighted by molar-refractivity contribution is 0.380. The van der Waals surface area contributed by atoms with Crippen molar-refractivity contribution in [2.45, 2.75) is 32.1 Å². The van der Waals surface area contributed by atoms with Crippen LogP contribution in [0, 0.1) is 5.82 Å². The quantitative estimate of drug-likeness (QED) is 0.831. The first-order chi connectivity index (χ1) is 7.59. The molecule has 0 unspecified atom stereocenters. The van der Waals surface area contributed by atoms with Crippen molar-refractivity contribution in [1.82, 2.24) is 5.32 Å². The van der Waals surface area contributed by atoms with Gasteiger partial charge in [-0.05, 0) is 37.6 Å². The van der Waals surface area contributed by atoms with E-state index in [1.54, 1.807) is 0 Å². The van der Waals surface area contributed by atoms with Gasteiger partial charge in [-0.25, -0.2) is 4.39 Å². The average molecular weight is 244 g/mol. The van der Waals surface area contributed by atoms with Crippen LogP contribution in [-0.4, -0.2) is 13.6 Å². The zero-order valence-electron chi connectivity index (χ0n) is 10.1. The summed E-state index contributed by atoms with van der Waals surface area (Å²) in [5.41, 5.74) is 1.04.